The molecule has 0 bridgehead atoms. The van der Waals surface area contributed by atoms with Gasteiger partial charge in [0.2, 0.25) is 5.96 Å². The third-order valence-corrected chi connectivity index (χ3v) is 4.33. The van der Waals surface area contributed by atoms with Gasteiger partial charge in [0.05, 0.1) is 13.7 Å². The average Bonchev–Trinajstić information content (AvgIpc) is 2.78. The molecule has 0 atom stereocenters. The van der Waals surface area contributed by atoms with Crippen molar-refractivity contribution in [2.75, 3.05) is 12.4 Å². The maximum absolute atomic E-state index is 12.7. The molecular weight excluding hydrogens is 364 g/mol. The lowest BCUT2D eigenvalue weighted by Gasteiger charge is -2.13. The van der Waals surface area contributed by atoms with Crippen molar-refractivity contribution in [2.45, 2.75) is 19.9 Å². The van der Waals surface area contributed by atoms with Crippen LogP contribution in [0, 0.1) is 0 Å². The standard InChI is InChI=1S/C23H24N4O2/c1-3-17-9-11-19(12-10-17)22(28)27-23(25-16-18-6-5-13-24-15-18)26-20-7-4-8-21(14-20)29-2/h4-15H,3,16H2,1-2H3,(H2,25,26,27,28). The number of nitrogens with zero attached hydrogens (tertiary/aromatic N) is 2. The van der Waals surface area contributed by atoms with Gasteiger partial charge >= 0.3 is 0 Å². The normalized spacial score (nSPS) is 11.0. The summed E-state index contributed by atoms with van der Waals surface area (Å²) in [5.74, 6) is 0.836. The molecule has 3 rings (SSSR count). The summed E-state index contributed by atoms with van der Waals surface area (Å²) in [6.45, 7) is 2.46. The molecule has 2 N–H and O–H groups in total. The van der Waals surface area contributed by atoms with Crippen LogP contribution < -0.4 is 15.4 Å². The van der Waals surface area contributed by atoms with Gasteiger partial charge in [-0.3, -0.25) is 15.1 Å². The van der Waals surface area contributed by atoms with E-state index in [-0.39, 0.29) is 5.91 Å². The SMILES string of the molecule is CCc1ccc(C(=O)NC(=NCc2cccnc2)Nc2cccc(OC)c2)cc1. The van der Waals surface area contributed by atoms with E-state index in [1.807, 2.05) is 60.7 Å². The van der Waals surface area contributed by atoms with Gasteiger partial charge in [-0.05, 0) is 47.9 Å². The number of benzene rings is 2. The summed E-state index contributed by atoms with van der Waals surface area (Å²) in [5.41, 5.74) is 3.46. The zero-order valence-electron chi connectivity index (χ0n) is 16.6. The molecule has 0 spiro atoms. The minimum atomic E-state index is -0.229. The molecule has 1 aromatic heterocycles. The highest BCUT2D eigenvalue weighted by atomic mass is 16.5. The lowest BCUT2D eigenvalue weighted by molar-refractivity contribution is 0.0977. The summed E-state index contributed by atoms with van der Waals surface area (Å²) in [5, 5.41) is 6.03. The number of carbonyl (C=O) groups is 1. The van der Waals surface area contributed by atoms with Crippen molar-refractivity contribution >= 4 is 17.6 Å². The monoisotopic (exact) mass is 388 g/mol. The number of aliphatic imine (C=N–C) groups is 1. The van der Waals surface area contributed by atoms with Crippen molar-refractivity contribution in [1.29, 1.82) is 0 Å². The van der Waals surface area contributed by atoms with E-state index in [2.05, 4.69) is 27.5 Å². The third-order valence-electron chi connectivity index (χ3n) is 4.33. The maximum Gasteiger partial charge on any atom is 0.257 e. The summed E-state index contributed by atoms with van der Waals surface area (Å²) >= 11 is 0. The fraction of sp³-hybridized carbons (Fsp3) is 0.174. The number of methoxy groups -OCH3 is 1. The molecule has 0 radical (unpaired) electrons. The molecule has 6 nitrogen and oxygen atoms in total. The summed E-state index contributed by atoms with van der Waals surface area (Å²) in [7, 11) is 1.61. The molecule has 6 heteroatoms. The Labute approximate surface area is 170 Å². The molecule has 0 aliphatic carbocycles. The molecule has 148 valence electrons. The Bertz CT molecular complexity index is 970. The lowest BCUT2D eigenvalue weighted by atomic mass is 10.1. The predicted molar refractivity (Wildman–Crippen MR) is 115 cm³/mol. The van der Waals surface area contributed by atoms with Crippen LogP contribution in [-0.4, -0.2) is 24.0 Å². The predicted octanol–water partition coefficient (Wildman–Crippen LogP) is 4.05. The Morgan fingerprint density at radius 2 is 1.90 bits per heavy atom. The van der Waals surface area contributed by atoms with Crippen LogP contribution in [0.1, 0.15) is 28.4 Å². The lowest BCUT2D eigenvalue weighted by Crippen LogP contribution is -2.36. The Balaban J connectivity index is 1.79. The molecule has 0 fully saturated rings. The molecule has 2 aromatic carbocycles. The van der Waals surface area contributed by atoms with E-state index in [1.165, 1.54) is 5.56 Å². The van der Waals surface area contributed by atoms with Crippen molar-refractivity contribution in [3.63, 3.8) is 0 Å². The number of pyridine rings is 1. The number of aryl methyl sites for hydroxylation is 1. The van der Waals surface area contributed by atoms with Gasteiger partial charge < -0.3 is 10.1 Å². The van der Waals surface area contributed by atoms with Crippen LogP contribution in [0.5, 0.6) is 5.75 Å². The molecule has 0 unspecified atom stereocenters. The van der Waals surface area contributed by atoms with Crippen molar-refractivity contribution in [3.8, 4) is 5.75 Å². The number of aromatic nitrogens is 1. The molecule has 0 aliphatic rings. The second-order valence-corrected chi connectivity index (χ2v) is 6.39. The highest BCUT2D eigenvalue weighted by molar-refractivity contribution is 6.10. The van der Waals surface area contributed by atoms with Gasteiger partial charge in [-0.25, -0.2) is 4.99 Å². The van der Waals surface area contributed by atoms with Crippen LogP contribution in [0.15, 0.2) is 78.0 Å². The van der Waals surface area contributed by atoms with Gasteiger partial charge in [0, 0.05) is 29.7 Å². The van der Waals surface area contributed by atoms with E-state index in [9.17, 15) is 4.79 Å². The number of hydrogen-bond donors (Lipinski definition) is 2. The van der Waals surface area contributed by atoms with Gasteiger partial charge in [-0.15, -0.1) is 0 Å². The fourth-order valence-corrected chi connectivity index (χ4v) is 2.68. The number of nitrogens with one attached hydrogen (secondary N) is 2. The number of amides is 1. The number of hydrogen-bond acceptors (Lipinski definition) is 4. The van der Waals surface area contributed by atoms with E-state index in [4.69, 9.17) is 4.74 Å². The van der Waals surface area contributed by atoms with Crippen LogP contribution in [0.3, 0.4) is 0 Å². The average molecular weight is 388 g/mol. The number of ether oxygens (including phenoxy) is 1. The third kappa shape index (κ3) is 5.90. The van der Waals surface area contributed by atoms with Crippen LogP contribution in [-0.2, 0) is 13.0 Å². The molecule has 0 saturated carbocycles. The number of rotatable bonds is 6. The molecule has 29 heavy (non-hydrogen) atoms. The zero-order chi connectivity index (χ0) is 20.5. The number of anilines is 1. The molecule has 3 aromatic rings. The van der Waals surface area contributed by atoms with E-state index in [0.29, 0.717) is 23.8 Å². The maximum atomic E-state index is 12.7. The Morgan fingerprint density at radius 1 is 1.07 bits per heavy atom. The van der Waals surface area contributed by atoms with Crippen molar-refractivity contribution < 1.29 is 9.53 Å². The smallest absolute Gasteiger partial charge is 0.257 e. The first-order valence-electron chi connectivity index (χ1n) is 9.42. The van der Waals surface area contributed by atoms with Crippen molar-refractivity contribution in [3.05, 3.63) is 89.7 Å². The Hall–Kier alpha value is -3.67. The fourth-order valence-electron chi connectivity index (χ4n) is 2.68. The highest BCUT2D eigenvalue weighted by Crippen LogP contribution is 2.16. The van der Waals surface area contributed by atoms with Crippen LogP contribution in [0.25, 0.3) is 0 Å². The largest absolute Gasteiger partial charge is 0.497 e. The Morgan fingerprint density at radius 3 is 2.59 bits per heavy atom. The van der Waals surface area contributed by atoms with E-state index in [1.54, 1.807) is 19.5 Å². The number of guanidine groups is 1. The topological polar surface area (TPSA) is 75.6 Å². The van der Waals surface area contributed by atoms with Gasteiger partial charge in [-0.1, -0.05) is 31.2 Å². The minimum absolute atomic E-state index is 0.229. The number of carbonyl (C=O) groups excluding carboxylic acids is 1. The van der Waals surface area contributed by atoms with Gasteiger partial charge in [0.1, 0.15) is 5.75 Å². The second kappa shape index (κ2) is 10.0. The van der Waals surface area contributed by atoms with Gasteiger partial charge in [0.15, 0.2) is 0 Å². The summed E-state index contributed by atoms with van der Waals surface area (Å²) in [4.78, 5) is 21.3. The first-order valence-corrected chi connectivity index (χ1v) is 9.42. The van der Waals surface area contributed by atoms with Crippen molar-refractivity contribution in [2.24, 2.45) is 4.99 Å². The minimum Gasteiger partial charge on any atom is -0.497 e. The summed E-state index contributed by atoms with van der Waals surface area (Å²) < 4.78 is 5.26. The van der Waals surface area contributed by atoms with Crippen LogP contribution in [0.4, 0.5) is 5.69 Å². The quantitative estimate of drug-likeness (QED) is 0.493. The van der Waals surface area contributed by atoms with Gasteiger partial charge in [-0.2, -0.15) is 0 Å². The molecule has 0 saturated heterocycles. The first kappa shape index (κ1) is 20.1. The highest BCUT2D eigenvalue weighted by Gasteiger charge is 2.10. The van der Waals surface area contributed by atoms with Crippen LogP contribution in [0.2, 0.25) is 0 Å². The molecule has 1 amide bonds. The molecular formula is C23H24N4O2. The van der Waals surface area contributed by atoms with E-state index in [0.717, 1.165) is 17.7 Å². The van der Waals surface area contributed by atoms with E-state index < -0.39 is 0 Å². The molecule has 1 heterocycles. The van der Waals surface area contributed by atoms with Crippen LogP contribution >= 0.6 is 0 Å². The summed E-state index contributed by atoms with van der Waals surface area (Å²) in [6, 6.07) is 18.8. The van der Waals surface area contributed by atoms with Gasteiger partial charge in [0.25, 0.3) is 5.91 Å². The Kier molecular flexibility index (Phi) is 6.95. The van der Waals surface area contributed by atoms with E-state index >= 15 is 0 Å². The molecule has 0 aliphatic heterocycles. The van der Waals surface area contributed by atoms with Crippen molar-refractivity contribution in [1.82, 2.24) is 10.3 Å². The second-order valence-electron chi connectivity index (χ2n) is 6.39. The summed E-state index contributed by atoms with van der Waals surface area (Å²) in [6.07, 6.45) is 4.39. The first-order chi connectivity index (χ1) is 14.2. The zero-order valence-corrected chi connectivity index (χ0v) is 16.6.